The Hall–Kier alpha value is -5.76. The molecule has 0 saturated heterocycles. The second-order valence-corrected chi connectivity index (χ2v) is 27.9. The van der Waals surface area contributed by atoms with Crippen LogP contribution in [0.3, 0.4) is 0 Å². The largest absolute Gasteiger partial charge is 0.458 e. The summed E-state index contributed by atoms with van der Waals surface area (Å²) >= 11 is 0. The van der Waals surface area contributed by atoms with Gasteiger partial charge in [-0.2, -0.15) is 0 Å². The smallest absolute Gasteiger partial charge is 0.338 e. The van der Waals surface area contributed by atoms with E-state index in [2.05, 4.69) is 13.2 Å². The van der Waals surface area contributed by atoms with E-state index in [1.807, 2.05) is 27.7 Å². The summed E-state index contributed by atoms with van der Waals surface area (Å²) in [4.78, 5) is 109. The zero-order valence-electron chi connectivity index (χ0n) is 51.1. The molecule has 0 aromatic heterocycles. The molecule has 18 heteroatoms. The van der Waals surface area contributed by atoms with Crippen molar-refractivity contribution in [3.63, 3.8) is 0 Å². The number of hydrogen-bond acceptors (Lipinski definition) is 18. The number of benzene rings is 2. The maximum Gasteiger partial charge on any atom is 0.338 e. The van der Waals surface area contributed by atoms with Crippen molar-refractivity contribution in [2.45, 2.75) is 193 Å². The zero-order chi connectivity index (χ0) is 63.2. The molecule has 6 aliphatic rings. The standard InChI is InChI=1S/2C33H44O9/c2*1-17(2)20(5)26(34)41-24-18(3)14-32(39)22(16-30(6,7)28(32)36)31(8,38)29(37)33(40)15-19(4)25(23(24)33)42-27(35)21-12-10-9-11-13-21/h2*9-13,17,19-20,22-25,38-40H,3,14-16H2,1-2,4-8H3/t2*19-,20+,22-,23-,24-,25-,31+,32+,33+/m00/s1. The highest BCUT2D eigenvalue weighted by atomic mass is 16.6. The van der Waals surface area contributed by atoms with Gasteiger partial charge in [0.1, 0.15) is 58.0 Å². The van der Waals surface area contributed by atoms with Crippen LogP contribution in [0.5, 0.6) is 0 Å². The van der Waals surface area contributed by atoms with Gasteiger partial charge in [-0.1, -0.05) is 133 Å². The molecule has 2 aromatic carbocycles. The Kier molecular flexibility index (Phi) is 17.9. The molecule has 18 atom stereocenters. The average molecular weight is 1170 g/mol. The molecule has 6 N–H and O–H groups in total. The van der Waals surface area contributed by atoms with E-state index >= 15 is 0 Å². The summed E-state index contributed by atoms with van der Waals surface area (Å²) in [6, 6.07) is 16.4. The van der Waals surface area contributed by atoms with E-state index in [1.165, 1.54) is 13.8 Å². The molecule has 460 valence electrons. The average Bonchev–Trinajstić information content (AvgIpc) is 1.90. The summed E-state index contributed by atoms with van der Waals surface area (Å²) in [7, 11) is 0. The molecule has 0 heterocycles. The number of Topliss-reactive ketones (excluding diaryl/α,β-unsaturated/α-hetero) is 4. The number of carbonyl (C=O) groups is 8. The second kappa shape index (κ2) is 22.8. The van der Waals surface area contributed by atoms with Crippen LogP contribution < -0.4 is 0 Å². The molecular formula is C66H88O18. The third-order valence-corrected chi connectivity index (χ3v) is 20.0. The SMILES string of the molecule is C=C1C[C@]2(O)C(=O)C(C)(C)C[C@H]2[C@@](C)(O)C(=O)[C@@]2(O)C[C@H](C)[C@H](OC(=O)c3ccccc3)[C@@H]2[C@H]1OC(=O)[C@H](C)C(C)C.C=C1C[C@]2(O)C(=O)C(C)(C)C[C@H]2[C@@](C)(O)C(=O)[C@@]2(O)C[C@H](C)[C@H](OC(=O)c3ccccc3)[C@@H]2[C@H]1OC(=O)[C@H](C)C(C)C. The van der Waals surface area contributed by atoms with E-state index in [4.69, 9.17) is 18.9 Å². The van der Waals surface area contributed by atoms with E-state index in [-0.39, 0.29) is 59.8 Å². The van der Waals surface area contributed by atoms with Gasteiger partial charge in [0.2, 0.25) is 0 Å². The van der Waals surface area contributed by atoms with Crippen molar-refractivity contribution in [1.82, 2.24) is 0 Å². The molecular weight excluding hydrogens is 1080 g/mol. The van der Waals surface area contributed by atoms with E-state index in [0.29, 0.717) is 0 Å². The molecule has 0 spiro atoms. The summed E-state index contributed by atoms with van der Waals surface area (Å²) in [5, 5.41) is 72.2. The molecule has 6 aliphatic carbocycles. The van der Waals surface area contributed by atoms with Gasteiger partial charge in [0.25, 0.3) is 0 Å². The van der Waals surface area contributed by atoms with Crippen molar-refractivity contribution in [3.8, 4) is 0 Å². The second-order valence-electron chi connectivity index (χ2n) is 27.9. The van der Waals surface area contributed by atoms with E-state index < -0.39 is 176 Å². The van der Waals surface area contributed by atoms with E-state index in [1.54, 1.807) is 116 Å². The Morgan fingerprint density at radius 3 is 1.05 bits per heavy atom. The molecule has 0 unspecified atom stereocenters. The van der Waals surface area contributed by atoms with E-state index in [9.17, 15) is 69.0 Å². The molecule has 0 aliphatic heterocycles. The Morgan fingerprint density at radius 1 is 0.464 bits per heavy atom. The van der Waals surface area contributed by atoms with Crippen molar-refractivity contribution in [1.29, 1.82) is 0 Å². The lowest BCUT2D eigenvalue weighted by Gasteiger charge is -2.41. The fraction of sp³-hybridized carbons (Fsp3) is 0.636. The number of ether oxygens (including phenoxy) is 4. The molecule has 0 amide bonds. The Bertz CT molecular complexity index is 2760. The summed E-state index contributed by atoms with van der Waals surface area (Å²) in [6.07, 6.45) is -6.42. The van der Waals surface area contributed by atoms with Gasteiger partial charge < -0.3 is 49.6 Å². The molecule has 18 nitrogen and oxygen atoms in total. The summed E-state index contributed by atoms with van der Waals surface area (Å²) in [5.74, 6) is -13.7. The number of carbonyl (C=O) groups excluding carboxylic acids is 8. The van der Waals surface area contributed by atoms with Gasteiger partial charge in [0, 0.05) is 35.5 Å². The van der Waals surface area contributed by atoms with Crippen LogP contribution in [0.15, 0.2) is 85.0 Å². The monoisotopic (exact) mass is 1170 g/mol. The number of hydrogen-bond donors (Lipinski definition) is 6. The Balaban J connectivity index is 0.000000241. The summed E-state index contributed by atoms with van der Waals surface area (Å²) in [5.41, 5.74) is -15.3. The molecule has 0 radical (unpaired) electrons. The summed E-state index contributed by atoms with van der Waals surface area (Å²) in [6.45, 7) is 31.3. The van der Waals surface area contributed by atoms with Crippen LogP contribution in [0, 0.1) is 70.0 Å². The fourth-order valence-electron chi connectivity index (χ4n) is 14.7. The van der Waals surface area contributed by atoms with Crippen LogP contribution in [0.1, 0.15) is 156 Å². The van der Waals surface area contributed by atoms with Gasteiger partial charge in [0.05, 0.1) is 34.8 Å². The Labute approximate surface area is 492 Å². The van der Waals surface area contributed by atoms with Crippen LogP contribution in [0.25, 0.3) is 0 Å². The molecule has 6 saturated carbocycles. The number of aliphatic hydroxyl groups is 6. The van der Waals surface area contributed by atoms with Crippen molar-refractivity contribution < 1.29 is 87.9 Å². The first-order valence-corrected chi connectivity index (χ1v) is 29.4. The van der Waals surface area contributed by atoms with Crippen molar-refractivity contribution in [2.24, 2.45) is 70.0 Å². The molecule has 8 rings (SSSR count). The molecule has 6 fully saturated rings. The molecule has 84 heavy (non-hydrogen) atoms. The van der Waals surface area contributed by atoms with Crippen molar-refractivity contribution >= 4 is 47.0 Å². The number of fused-ring (bicyclic) bond motifs is 4. The lowest BCUT2D eigenvalue weighted by molar-refractivity contribution is -0.182. The fourth-order valence-corrected chi connectivity index (χ4v) is 14.7. The number of ketones is 4. The third-order valence-electron chi connectivity index (χ3n) is 20.0. The maximum absolute atomic E-state index is 14.4. The van der Waals surface area contributed by atoms with Gasteiger partial charge in [-0.15, -0.1) is 0 Å². The van der Waals surface area contributed by atoms with Gasteiger partial charge in [-0.25, -0.2) is 9.59 Å². The van der Waals surface area contributed by atoms with Crippen molar-refractivity contribution in [2.75, 3.05) is 0 Å². The van der Waals surface area contributed by atoms with E-state index in [0.717, 1.165) is 0 Å². The minimum Gasteiger partial charge on any atom is -0.458 e. The van der Waals surface area contributed by atoms with Crippen LogP contribution in [0.4, 0.5) is 0 Å². The van der Waals surface area contributed by atoms with Crippen LogP contribution in [-0.4, -0.2) is 136 Å². The zero-order valence-corrected chi connectivity index (χ0v) is 51.1. The topological polar surface area (TPSA) is 295 Å². The minimum absolute atomic E-state index is 0.0219. The highest BCUT2D eigenvalue weighted by Crippen LogP contribution is 2.59. The van der Waals surface area contributed by atoms with Gasteiger partial charge >= 0.3 is 23.9 Å². The quantitative estimate of drug-likeness (QED) is 0.0804. The van der Waals surface area contributed by atoms with Gasteiger partial charge in [0.15, 0.2) is 23.1 Å². The van der Waals surface area contributed by atoms with Crippen LogP contribution in [0.2, 0.25) is 0 Å². The predicted octanol–water partition coefficient (Wildman–Crippen LogP) is 6.86. The first-order valence-electron chi connectivity index (χ1n) is 29.4. The molecule has 2 aromatic rings. The first-order chi connectivity index (χ1) is 38.6. The van der Waals surface area contributed by atoms with Crippen LogP contribution >= 0.6 is 0 Å². The lowest BCUT2D eigenvalue weighted by atomic mass is 9.69. The predicted molar refractivity (Wildman–Crippen MR) is 306 cm³/mol. The highest BCUT2D eigenvalue weighted by Gasteiger charge is 2.74. The maximum atomic E-state index is 14.4. The lowest BCUT2D eigenvalue weighted by Crippen LogP contribution is -2.62. The first kappa shape index (κ1) is 65.8. The van der Waals surface area contributed by atoms with Crippen LogP contribution in [-0.2, 0) is 47.7 Å². The number of rotatable bonds is 10. The molecule has 0 bridgehead atoms. The van der Waals surface area contributed by atoms with Gasteiger partial charge in [-0.05, 0) is 98.6 Å². The van der Waals surface area contributed by atoms with Gasteiger partial charge in [-0.3, -0.25) is 28.8 Å². The highest BCUT2D eigenvalue weighted by molar-refractivity contribution is 6.02. The third kappa shape index (κ3) is 11.2. The Morgan fingerprint density at radius 2 is 0.762 bits per heavy atom. The number of esters is 4. The minimum atomic E-state index is -2.35. The summed E-state index contributed by atoms with van der Waals surface area (Å²) < 4.78 is 23.9. The normalized spacial score (nSPS) is 38.6. The van der Waals surface area contributed by atoms with Crippen molar-refractivity contribution in [3.05, 3.63) is 96.1 Å².